The van der Waals surface area contributed by atoms with Crippen molar-refractivity contribution in [3.8, 4) is 23.2 Å². The first-order chi connectivity index (χ1) is 25.3. The van der Waals surface area contributed by atoms with Crippen LogP contribution in [0, 0.1) is 34.3 Å². The van der Waals surface area contributed by atoms with Crippen LogP contribution in [-0.4, -0.2) is 89.2 Å². The number of fused-ring (bicyclic) bond motifs is 3. The van der Waals surface area contributed by atoms with E-state index in [0.29, 0.717) is 50.3 Å². The van der Waals surface area contributed by atoms with Crippen molar-refractivity contribution in [2.24, 2.45) is 11.3 Å². The highest BCUT2D eigenvalue weighted by atomic mass is 35.5. The number of hydrogen-bond acceptors (Lipinski definition) is 9. The maximum Gasteiger partial charge on any atom is 0.319 e. The number of benzene rings is 2. The van der Waals surface area contributed by atoms with Crippen LogP contribution >= 0.6 is 22.9 Å². The number of hydrogen-bond donors (Lipinski definition) is 1. The van der Waals surface area contributed by atoms with E-state index in [-0.39, 0.29) is 60.3 Å². The first-order valence-electron chi connectivity index (χ1n) is 17.9. The zero-order chi connectivity index (χ0) is 37.0. The number of alkyl halides is 3. The topological polar surface area (TPSA) is 112 Å². The van der Waals surface area contributed by atoms with E-state index in [9.17, 15) is 27.6 Å². The van der Waals surface area contributed by atoms with Crippen LogP contribution in [0.1, 0.15) is 50.5 Å². The fourth-order valence-electron chi connectivity index (χ4n) is 9.29. The molecule has 16 heteroatoms. The number of carbonyl (C=O) groups is 1. The van der Waals surface area contributed by atoms with Gasteiger partial charge in [-0.3, -0.25) is 9.69 Å². The molecule has 9 nitrogen and oxygen atoms in total. The number of nitrogens with zero attached hydrogens (tertiary/aromatic N) is 6. The van der Waals surface area contributed by atoms with Crippen LogP contribution in [0.15, 0.2) is 18.2 Å². The Kier molecular flexibility index (Phi) is 8.04. The van der Waals surface area contributed by atoms with E-state index >= 15 is 4.39 Å². The zero-order valence-electron chi connectivity index (χ0n) is 28.5. The molecule has 2 aromatic heterocycles. The van der Waals surface area contributed by atoms with Crippen LogP contribution in [0.4, 0.5) is 32.8 Å². The van der Waals surface area contributed by atoms with Crippen molar-refractivity contribution in [3.05, 3.63) is 40.4 Å². The highest BCUT2D eigenvalue weighted by Crippen LogP contribution is 2.52. The Bertz CT molecular complexity index is 2240. The maximum absolute atomic E-state index is 17.2. The lowest BCUT2D eigenvalue weighted by molar-refractivity contribution is -0.147. The Hall–Kier alpha value is -4.00. The Balaban J connectivity index is 1.14. The molecular formula is C37H35ClF5N7O2S. The largest absolute Gasteiger partial charge is 0.461 e. The first kappa shape index (κ1) is 34.7. The molecule has 1 aliphatic carbocycles. The molecule has 5 fully saturated rings. The van der Waals surface area contributed by atoms with Crippen LogP contribution in [0.5, 0.6) is 6.01 Å². The second-order valence-electron chi connectivity index (χ2n) is 15.5. The van der Waals surface area contributed by atoms with Crippen molar-refractivity contribution in [1.29, 1.82) is 5.26 Å². The van der Waals surface area contributed by atoms with E-state index in [4.69, 9.17) is 27.1 Å². The molecule has 0 bridgehead atoms. The van der Waals surface area contributed by atoms with Crippen molar-refractivity contribution < 1.29 is 31.5 Å². The molecule has 0 radical (unpaired) electrons. The van der Waals surface area contributed by atoms with Crippen LogP contribution in [-0.2, 0) is 4.79 Å². The van der Waals surface area contributed by atoms with Gasteiger partial charge in [0.15, 0.2) is 5.82 Å². The Labute approximate surface area is 310 Å². The third-order valence-corrected chi connectivity index (χ3v) is 13.3. The molecule has 1 saturated carbocycles. The summed E-state index contributed by atoms with van der Waals surface area (Å²) in [7, 11) is 0. The molecule has 3 atom stereocenters. The van der Waals surface area contributed by atoms with Crippen molar-refractivity contribution in [2.75, 3.05) is 56.5 Å². The molecule has 278 valence electrons. The quantitative estimate of drug-likeness (QED) is 0.203. The average molecular weight is 772 g/mol. The van der Waals surface area contributed by atoms with Gasteiger partial charge in [0.25, 0.3) is 5.92 Å². The number of nitrogens with two attached hydrogens (primary N) is 1. The molecule has 1 spiro atoms. The third kappa shape index (κ3) is 5.57. The summed E-state index contributed by atoms with van der Waals surface area (Å²) in [6.45, 7) is 2.78. The van der Waals surface area contributed by atoms with Gasteiger partial charge in [-0.2, -0.15) is 15.2 Å². The normalized spacial score (nSPS) is 26.1. The Morgan fingerprint density at radius 2 is 1.91 bits per heavy atom. The van der Waals surface area contributed by atoms with Crippen molar-refractivity contribution in [1.82, 2.24) is 19.8 Å². The Morgan fingerprint density at radius 3 is 2.66 bits per heavy atom. The lowest BCUT2D eigenvalue weighted by atomic mass is 9.75. The molecule has 2 aromatic carbocycles. The number of likely N-dealkylation sites (tertiary alicyclic amines) is 1. The third-order valence-electron chi connectivity index (χ3n) is 12.0. The number of thiophene rings is 1. The molecule has 1 amide bonds. The predicted octanol–water partition coefficient (Wildman–Crippen LogP) is 7.33. The maximum atomic E-state index is 17.2. The second kappa shape index (κ2) is 12.3. The van der Waals surface area contributed by atoms with Crippen LogP contribution in [0.2, 0.25) is 5.02 Å². The van der Waals surface area contributed by atoms with Gasteiger partial charge in [0.05, 0.1) is 20.8 Å². The molecule has 4 aliphatic heterocycles. The summed E-state index contributed by atoms with van der Waals surface area (Å²) in [5.41, 5.74) is 5.15. The fraction of sp³-hybridized carbons (Fsp3) is 0.514. The number of nitriles is 1. The number of aromatic nitrogens is 2. The monoisotopic (exact) mass is 771 g/mol. The zero-order valence-corrected chi connectivity index (χ0v) is 30.1. The summed E-state index contributed by atoms with van der Waals surface area (Å²) in [6.07, 6.45) is 2.90. The van der Waals surface area contributed by atoms with Gasteiger partial charge in [0.2, 0.25) is 5.91 Å². The van der Waals surface area contributed by atoms with E-state index in [1.54, 1.807) is 6.07 Å². The highest BCUT2D eigenvalue weighted by molar-refractivity contribution is 7.23. The number of carbonyl (C=O) groups excluding carboxylic acids is 1. The van der Waals surface area contributed by atoms with E-state index in [1.165, 1.54) is 17.0 Å². The minimum Gasteiger partial charge on any atom is -0.461 e. The average Bonchev–Trinajstić information content (AvgIpc) is 3.28. The summed E-state index contributed by atoms with van der Waals surface area (Å²) in [5, 5.41) is 10.4. The van der Waals surface area contributed by atoms with Crippen molar-refractivity contribution in [3.63, 3.8) is 0 Å². The van der Waals surface area contributed by atoms with Gasteiger partial charge in [-0.05, 0) is 49.9 Å². The van der Waals surface area contributed by atoms with Crippen LogP contribution in [0.25, 0.3) is 32.1 Å². The summed E-state index contributed by atoms with van der Waals surface area (Å²) in [6, 6.07) is 6.00. The van der Waals surface area contributed by atoms with E-state index < -0.39 is 47.5 Å². The van der Waals surface area contributed by atoms with E-state index in [0.717, 1.165) is 50.0 Å². The van der Waals surface area contributed by atoms with Gasteiger partial charge in [0, 0.05) is 67.3 Å². The van der Waals surface area contributed by atoms with Crippen molar-refractivity contribution in [2.45, 2.75) is 62.6 Å². The summed E-state index contributed by atoms with van der Waals surface area (Å²) >= 11 is 7.79. The smallest absolute Gasteiger partial charge is 0.319 e. The van der Waals surface area contributed by atoms with Gasteiger partial charge in [0.1, 0.15) is 46.9 Å². The predicted molar refractivity (Wildman–Crippen MR) is 191 cm³/mol. The summed E-state index contributed by atoms with van der Waals surface area (Å²) in [5.74, 6) is -5.81. The number of halogens is 6. The SMILES string of the molecule is N#Cc1c(N)sc2c(F)ccc(-c3c(Cl)cc4c(N5CCCCC6(CN(C(=O)[C@H]7CC7(F)F)C6)C5)nc(OC[C@@]56CCCN5C[C@H](F)C6)nc4c3F)c12. The number of ether oxygens (including phenoxy) is 1. The first-order valence-corrected chi connectivity index (χ1v) is 19.1. The summed E-state index contributed by atoms with van der Waals surface area (Å²) < 4.78 is 80.7. The number of amides is 1. The van der Waals surface area contributed by atoms with Gasteiger partial charge < -0.3 is 20.3 Å². The molecule has 4 saturated heterocycles. The van der Waals surface area contributed by atoms with Crippen LogP contribution < -0.4 is 15.4 Å². The van der Waals surface area contributed by atoms with Gasteiger partial charge in [-0.15, -0.1) is 11.3 Å². The molecule has 0 unspecified atom stereocenters. The molecule has 2 N–H and O–H groups in total. The minimum absolute atomic E-state index is 0.0128. The molecule has 53 heavy (non-hydrogen) atoms. The molecular weight excluding hydrogens is 737 g/mol. The standard InChI is InChI=1S/C37H35ClF5N7O2S/c38-24-10-21-29(28(41)27(24)20-4-5-25(40)30-26(20)22(13-44)31(45)53-30)46-34(52-18-36-7-3-9-50(36)14-19(39)11-36)47-32(21)48-8-2-1-6-35(15-48)16-49(17-35)33(51)23-12-37(23,42)43/h4-5,10,19,23H,1-3,6-9,11-12,14-18,45H2/t19-,23-,36+/m1/s1. The molecule has 5 aliphatic rings. The molecule has 6 heterocycles. The fourth-order valence-corrected chi connectivity index (χ4v) is 10.5. The molecule has 4 aromatic rings. The lowest BCUT2D eigenvalue weighted by Gasteiger charge is -2.51. The van der Waals surface area contributed by atoms with E-state index in [2.05, 4.69) is 9.88 Å². The van der Waals surface area contributed by atoms with Crippen LogP contribution in [0.3, 0.4) is 0 Å². The van der Waals surface area contributed by atoms with Crippen molar-refractivity contribution >= 4 is 60.7 Å². The van der Waals surface area contributed by atoms with E-state index in [1.807, 2.05) is 11.0 Å². The van der Waals surface area contributed by atoms with Gasteiger partial charge in [-0.25, -0.2) is 22.0 Å². The number of anilines is 2. The number of rotatable bonds is 6. The lowest BCUT2D eigenvalue weighted by Crippen LogP contribution is -2.62. The van der Waals surface area contributed by atoms with Gasteiger partial charge in [-0.1, -0.05) is 24.1 Å². The number of nitrogen functional groups attached to an aromatic ring is 1. The second-order valence-corrected chi connectivity index (χ2v) is 16.9. The Morgan fingerprint density at radius 1 is 1.11 bits per heavy atom. The molecule has 9 rings (SSSR count). The van der Waals surface area contributed by atoms with Gasteiger partial charge >= 0.3 is 6.01 Å². The highest BCUT2D eigenvalue weighted by Gasteiger charge is 2.64. The minimum atomic E-state index is -2.95. The summed E-state index contributed by atoms with van der Waals surface area (Å²) in [4.78, 5) is 27.8.